The normalized spacial score (nSPS) is 10.6. The Morgan fingerprint density at radius 2 is 1.71 bits per heavy atom. The molecule has 71 valence electrons. The van der Waals surface area contributed by atoms with Crippen LogP contribution in [0.5, 0.6) is 0 Å². The van der Waals surface area contributed by atoms with Gasteiger partial charge in [-0.15, -0.1) is 0 Å². The van der Waals surface area contributed by atoms with Gasteiger partial charge in [0.05, 0.1) is 0 Å². The van der Waals surface area contributed by atoms with Crippen molar-refractivity contribution in [3.05, 3.63) is 48.0 Å². The molecule has 14 heavy (non-hydrogen) atoms. The zero-order chi connectivity index (χ0) is 9.80. The Hall–Kier alpha value is -0.950. The number of rotatable bonds is 3. The average molecular weight is 201 g/mol. The van der Waals surface area contributed by atoms with Crippen LogP contribution in [0.15, 0.2) is 42.5 Å². The van der Waals surface area contributed by atoms with Crippen LogP contribution >= 0.6 is 12.6 Å². The largest absolute Gasteiger partial charge is 0.0941 e. The lowest BCUT2D eigenvalue weighted by Crippen LogP contribution is -1.86. The summed E-state index contributed by atoms with van der Waals surface area (Å²) in [7, 11) is 0. The van der Waals surface area contributed by atoms with E-state index in [1.807, 2.05) is 0 Å². The molecule has 2 aromatic carbocycles. The molecule has 0 aliphatic carbocycles. The van der Waals surface area contributed by atoms with Crippen molar-refractivity contribution < 1.29 is 0 Å². The highest BCUT2D eigenvalue weighted by Crippen LogP contribution is 2.16. The molecule has 0 aromatic heterocycles. The van der Waals surface area contributed by atoms with Crippen molar-refractivity contribution in [3.63, 3.8) is 0 Å². The van der Waals surface area contributed by atoms with Gasteiger partial charge in [-0.3, -0.25) is 0 Å². The van der Waals surface area contributed by atoms with E-state index < -0.39 is 0 Å². The topological polar surface area (TPSA) is 0 Å². The van der Waals surface area contributed by atoms with Crippen molar-refractivity contribution in [1.82, 2.24) is 0 Å². The van der Waals surface area contributed by atoms with Crippen LogP contribution in [0, 0.1) is 0 Å². The number of benzene rings is 2. The molecule has 2 rings (SSSR count). The number of fused-ring (bicyclic) bond motifs is 1. The Balaban J connectivity index is 2.32. The molecule has 0 atom stereocenters. The molecule has 0 nitrogen and oxygen atoms in total. The summed E-state index contributed by atoms with van der Waals surface area (Å²) in [5.74, 6) is 0.854. The first-order valence-electron chi connectivity index (χ1n) is 4.96. The molecule has 1 heteroatoms. The fourth-order valence-corrected chi connectivity index (χ4v) is 1.81. The van der Waals surface area contributed by atoms with Gasteiger partial charge in [-0.2, -0.15) is 0 Å². The van der Waals surface area contributed by atoms with Crippen molar-refractivity contribution >= 4 is 23.4 Å². The van der Waals surface area contributed by atoms with E-state index in [4.69, 9.17) is 12.6 Å². The second-order valence-corrected chi connectivity index (χ2v) is 3.90. The van der Waals surface area contributed by atoms with E-state index in [-0.39, 0.29) is 0 Å². The number of aryl methyl sites for hydroxylation is 1. The second kappa shape index (κ2) is 4.52. The molecule has 0 bridgehead atoms. The maximum absolute atomic E-state index is 4.95. The van der Waals surface area contributed by atoms with Gasteiger partial charge in [0.15, 0.2) is 0 Å². The van der Waals surface area contributed by atoms with Crippen LogP contribution in [0.2, 0.25) is 0 Å². The summed E-state index contributed by atoms with van der Waals surface area (Å²) in [4.78, 5) is 0. The van der Waals surface area contributed by atoms with Crippen LogP contribution in [-0.2, 0) is 6.42 Å². The Morgan fingerprint density at radius 3 is 2.50 bits per heavy atom. The fraction of sp³-hybridized carbons (Fsp3) is 0.231. The van der Waals surface area contributed by atoms with Gasteiger partial charge in [-0.25, -0.2) is 0 Å². The number of hydrogen-bond acceptors (Lipinski definition) is 0. The lowest BCUT2D eigenvalue weighted by Gasteiger charge is -2.02. The quantitative estimate of drug-likeness (QED) is 0.705. The van der Waals surface area contributed by atoms with Crippen molar-refractivity contribution in [2.24, 2.45) is 0 Å². The summed E-state index contributed by atoms with van der Waals surface area (Å²) in [5.41, 5.74) is 1.40. The van der Waals surface area contributed by atoms with Gasteiger partial charge >= 0.3 is 0 Å². The van der Waals surface area contributed by atoms with Crippen molar-refractivity contribution in [2.45, 2.75) is 12.8 Å². The first-order valence-corrected chi connectivity index (χ1v) is 5.53. The second-order valence-electron chi connectivity index (χ2n) is 3.49. The van der Waals surface area contributed by atoms with Crippen molar-refractivity contribution in [1.29, 1.82) is 0 Å². The summed E-state index contributed by atoms with van der Waals surface area (Å²) in [5, 5.41) is 2.64. The van der Waals surface area contributed by atoms with E-state index in [1.165, 1.54) is 16.3 Å². The molecule has 0 spiro atoms. The molecule has 2 aromatic rings. The zero-order valence-electron chi connectivity index (χ0n) is 8.07. The SMILES string of the molecule is [S]CCCc1ccc2ccccc2c1. The van der Waals surface area contributed by atoms with Gasteiger partial charge in [0, 0.05) is 5.75 Å². The van der Waals surface area contributed by atoms with Crippen LogP contribution in [0.4, 0.5) is 0 Å². The van der Waals surface area contributed by atoms with E-state index in [2.05, 4.69) is 42.5 Å². The number of hydrogen-bond donors (Lipinski definition) is 0. The first kappa shape index (κ1) is 9.60. The van der Waals surface area contributed by atoms with Crippen LogP contribution in [0.1, 0.15) is 12.0 Å². The van der Waals surface area contributed by atoms with Crippen LogP contribution < -0.4 is 0 Å². The minimum atomic E-state index is 0.854. The fourth-order valence-electron chi connectivity index (χ4n) is 1.67. The third-order valence-corrected chi connectivity index (χ3v) is 2.71. The molecular formula is C13H13S. The first-order chi connectivity index (χ1) is 6.90. The van der Waals surface area contributed by atoms with Crippen LogP contribution in [0.3, 0.4) is 0 Å². The molecular weight excluding hydrogens is 188 g/mol. The molecule has 0 saturated heterocycles. The van der Waals surface area contributed by atoms with Gasteiger partial charge in [0.2, 0.25) is 0 Å². The molecule has 1 radical (unpaired) electrons. The third kappa shape index (κ3) is 2.10. The molecule has 0 fully saturated rings. The monoisotopic (exact) mass is 201 g/mol. The van der Waals surface area contributed by atoms with Crippen molar-refractivity contribution in [2.75, 3.05) is 5.75 Å². The molecule has 0 amide bonds. The lowest BCUT2D eigenvalue weighted by atomic mass is 10.0. The summed E-state index contributed by atoms with van der Waals surface area (Å²) < 4.78 is 0. The smallest absolute Gasteiger partial charge is 0.00401 e. The molecule has 0 saturated carbocycles. The third-order valence-electron chi connectivity index (χ3n) is 2.42. The highest BCUT2D eigenvalue weighted by Gasteiger charge is 1.95. The molecule has 0 aliphatic heterocycles. The standard InChI is InChI=1S/C13H13S/c14-9-3-4-11-7-8-12-5-1-2-6-13(12)10-11/h1-2,5-8,10H,3-4,9H2. The summed E-state index contributed by atoms with van der Waals surface area (Å²) >= 11 is 4.95. The molecule has 0 N–H and O–H groups in total. The van der Waals surface area contributed by atoms with E-state index >= 15 is 0 Å². The summed E-state index contributed by atoms with van der Waals surface area (Å²) in [6.45, 7) is 0. The predicted molar refractivity (Wildman–Crippen MR) is 64.7 cm³/mol. The van der Waals surface area contributed by atoms with Crippen molar-refractivity contribution in [3.8, 4) is 0 Å². The maximum Gasteiger partial charge on any atom is 0.00401 e. The molecule has 0 heterocycles. The highest BCUT2D eigenvalue weighted by atomic mass is 32.1. The minimum Gasteiger partial charge on any atom is -0.0941 e. The Labute approximate surface area is 90.4 Å². The summed E-state index contributed by atoms with van der Waals surface area (Å²) in [6.07, 6.45) is 2.21. The Bertz CT molecular complexity index is 420. The maximum atomic E-state index is 4.95. The minimum absolute atomic E-state index is 0.854. The molecule has 0 unspecified atom stereocenters. The van der Waals surface area contributed by atoms with Crippen LogP contribution in [-0.4, -0.2) is 5.75 Å². The average Bonchev–Trinajstić information content (AvgIpc) is 2.26. The Kier molecular flexibility index (Phi) is 3.10. The molecule has 0 aliphatic rings. The van der Waals surface area contributed by atoms with Gasteiger partial charge in [0.1, 0.15) is 0 Å². The van der Waals surface area contributed by atoms with E-state index in [1.54, 1.807) is 0 Å². The van der Waals surface area contributed by atoms with Gasteiger partial charge < -0.3 is 0 Å². The summed E-state index contributed by atoms with van der Waals surface area (Å²) in [6, 6.07) is 15.1. The Morgan fingerprint density at radius 1 is 0.929 bits per heavy atom. The lowest BCUT2D eigenvalue weighted by molar-refractivity contribution is 0.938. The van der Waals surface area contributed by atoms with E-state index in [0.717, 1.165) is 18.6 Å². The van der Waals surface area contributed by atoms with Gasteiger partial charge in [-0.05, 0) is 29.2 Å². The van der Waals surface area contributed by atoms with Gasteiger partial charge in [0.25, 0.3) is 0 Å². The highest BCUT2D eigenvalue weighted by molar-refractivity contribution is 7.80. The van der Waals surface area contributed by atoms with Gasteiger partial charge in [-0.1, -0.05) is 55.1 Å². The van der Waals surface area contributed by atoms with Crippen LogP contribution in [0.25, 0.3) is 10.8 Å². The predicted octanol–water partition coefficient (Wildman–Crippen LogP) is 3.97. The van der Waals surface area contributed by atoms with E-state index in [0.29, 0.717) is 0 Å². The van der Waals surface area contributed by atoms with E-state index in [9.17, 15) is 0 Å². The zero-order valence-corrected chi connectivity index (χ0v) is 8.89.